The summed E-state index contributed by atoms with van der Waals surface area (Å²) < 4.78 is 0.660. The van der Waals surface area contributed by atoms with Crippen molar-refractivity contribution in [2.45, 2.75) is 30.1 Å². The van der Waals surface area contributed by atoms with Crippen molar-refractivity contribution >= 4 is 29.1 Å². The van der Waals surface area contributed by atoms with E-state index in [0.29, 0.717) is 20.6 Å². The molecule has 0 bridgehead atoms. The minimum atomic E-state index is -1.01. The van der Waals surface area contributed by atoms with Crippen molar-refractivity contribution in [3.05, 3.63) is 21.8 Å². The minimum Gasteiger partial charge on any atom is -0.478 e. The number of aromatic carboxylic acids is 1. The number of nitrogens with zero attached hydrogens (tertiary/aromatic N) is 4. The third kappa shape index (κ3) is 2.49. The van der Waals surface area contributed by atoms with Gasteiger partial charge in [0.15, 0.2) is 4.34 Å². The topological polar surface area (TPSA) is 88.9 Å². The molecule has 2 heterocycles. The second kappa shape index (κ2) is 4.99. The van der Waals surface area contributed by atoms with E-state index in [0.717, 1.165) is 5.01 Å². The first-order chi connectivity index (χ1) is 8.49. The van der Waals surface area contributed by atoms with E-state index < -0.39 is 5.97 Å². The Kier molecular flexibility index (Phi) is 3.58. The van der Waals surface area contributed by atoms with E-state index in [-0.39, 0.29) is 5.56 Å². The van der Waals surface area contributed by atoms with Crippen molar-refractivity contribution in [3.63, 3.8) is 0 Å². The maximum absolute atomic E-state index is 11.3. The molecule has 0 aromatic carbocycles. The van der Waals surface area contributed by atoms with E-state index >= 15 is 0 Å². The van der Waals surface area contributed by atoms with Crippen molar-refractivity contribution in [3.8, 4) is 0 Å². The van der Waals surface area contributed by atoms with Gasteiger partial charge in [-0.3, -0.25) is 0 Å². The average molecular weight is 282 g/mol. The molecule has 2 aromatic heterocycles. The van der Waals surface area contributed by atoms with Gasteiger partial charge in [0.2, 0.25) is 0 Å². The van der Waals surface area contributed by atoms with Crippen LogP contribution in [-0.4, -0.2) is 31.5 Å². The fourth-order valence-electron chi connectivity index (χ4n) is 1.31. The van der Waals surface area contributed by atoms with Crippen LogP contribution in [0.3, 0.4) is 0 Å². The molecule has 0 atom stereocenters. The molecule has 0 aliphatic rings. The second-order valence-electron chi connectivity index (χ2n) is 3.58. The number of aryl methyl sites for hydroxylation is 2. The Balaban J connectivity index is 2.44. The molecule has 0 aliphatic carbocycles. The van der Waals surface area contributed by atoms with Gasteiger partial charge in [-0.2, -0.15) is 5.10 Å². The highest BCUT2D eigenvalue weighted by Crippen LogP contribution is 2.32. The van der Waals surface area contributed by atoms with E-state index in [9.17, 15) is 9.90 Å². The fraction of sp³-hybridized carbons (Fsp3) is 0.300. The van der Waals surface area contributed by atoms with E-state index in [1.807, 2.05) is 6.92 Å². The van der Waals surface area contributed by atoms with E-state index in [4.69, 9.17) is 0 Å². The normalized spacial score (nSPS) is 10.6. The molecule has 18 heavy (non-hydrogen) atoms. The van der Waals surface area contributed by atoms with Gasteiger partial charge in [0, 0.05) is 0 Å². The lowest BCUT2D eigenvalue weighted by Gasteiger charge is -2.06. The van der Waals surface area contributed by atoms with Crippen LogP contribution in [0, 0.1) is 20.8 Å². The molecular formula is C10H10N4O2S2. The quantitative estimate of drug-likeness (QED) is 0.922. The van der Waals surface area contributed by atoms with Crippen molar-refractivity contribution < 1.29 is 9.90 Å². The molecule has 6 nitrogen and oxygen atoms in total. The maximum atomic E-state index is 11.3. The summed E-state index contributed by atoms with van der Waals surface area (Å²) in [4.78, 5) is 11.3. The maximum Gasteiger partial charge on any atom is 0.338 e. The van der Waals surface area contributed by atoms with Gasteiger partial charge in [0.25, 0.3) is 0 Å². The van der Waals surface area contributed by atoms with Crippen LogP contribution in [0.5, 0.6) is 0 Å². The molecule has 94 valence electrons. The Labute approximate surface area is 111 Å². The van der Waals surface area contributed by atoms with E-state index in [1.165, 1.54) is 23.1 Å². The number of rotatable bonds is 3. The van der Waals surface area contributed by atoms with Crippen LogP contribution >= 0.6 is 23.1 Å². The van der Waals surface area contributed by atoms with Crippen LogP contribution in [0.2, 0.25) is 0 Å². The smallest absolute Gasteiger partial charge is 0.338 e. The zero-order valence-corrected chi connectivity index (χ0v) is 11.6. The third-order valence-electron chi connectivity index (χ3n) is 2.33. The molecule has 0 spiro atoms. The Morgan fingerprint density at radius 3 is 2.44 bits per heavy atom. The largest absolute Gasteiger partial charge is 0.478 e. The Hall–Kier alpha value is -1.54. The SMILES string of the molecule is Cc1nnc(Sc2nnc(C)c(C)c2C(=O)O)s1. The Bertz CT molecular complexity index is 612. The summed E-state index contributed by atoms with van der Waals surface area (Å²) >= 11 is 2.57. The summed E-state index contributed by atoms with van der Waals surface area (Å²) in [6.45, 7) is 5.30. The summed E-state index contributed by atoms with van der Waals surface area (Å²) in [5.41, 5.74) is 1.42. The van der Waals surface area contributed by atoms with E-state index in [1.54, 1.807) is 13.8 Å². The number of carbonyl (C=O) groups is 1. The molecule has 1 N–H and O–H groups in total. The molecule has 0 amide bonds. The minimum absolute atomic E-state index is 0.181. The lowest BCUT2D eigenvalue weighted by Crippen LogP contribution is -2.07. The van der Waals surface area contributed by atoms with Crippen LogP contribution < -0.4 is 0 Å². The van der Waals surface area contributed by atoms with Gasteiger partial charge in [-0.15, -0.1) is 15.3 Å². The predicted molar refractivity (Wildman–Crippen MR) is 67.2 cm³/mol. The van der Waals surface area contributed by atoms with Gasteiger partial charge in [-0.25, -0.2) is 4.79 Å². The highest BCUT2D eigenvalue weighted by atomic mass is 32.2. The summed E-state index contributed by atoms with van der Waals surface area (Å²) in [7, 11) is 0. The van der Waals surface area contributed by atoms with Gasteiger partial charge in [-0.1, -0.05) is 11.3 Å². The van der Waals surface area contributed by atoms with Crippen molar-refractivity contribution in [2.24, 2.45) is 0 Å². The van der Waals surface area contributed by atoms with Crippen LogP contribution in [0.15, 0.2) is 9.37 Å². The van der Waals surface area contributed by atoms with Crippen LogP contribution in [0.1, 0.15) is 26.6 Å². The first-order valence-corrected chi connectivity index (χ1v) is 6.67. The lowest BCUT2D eigenvalue weighted by atomic mass is 10.1. The number of hydrogen-bond donors (Lipinski definition) is 1. The zero-order valence-electron chi connectivity index (χ0n) is 9.96. The Morgan fingerprint density at radius 2 is 1.89 bits per heavy atom. The highest BCUT2D eigenvalue weighted by Gasteiger charge is 2.19. The molecule has 8 heteroatoms. The van der Waals surface area contributed by atoms with Crippen molar-refractivity contribution in [1.29, 1.82) is 0 Å². The highest BCUT2D eigenvalue weighted by molar-refractivity contribution is 8.01. The standard InChI is InChI=1S/C10H10N4O2S2/c1-4-5(2)11-13-8(7(4)9(15)16)18-10-14-12-6(3)17-10/h1-3H3,(H,15,16). The Morgan fingerprint density at radius 1 is 1.17 bits per heavy atom. The van der Waals surface area contributed by atoms with E-state index in [2.05, 4.69) is 20.4 Å². The summed E-state index contributed by atoms with van der Waals surface area (Å²) in [5.74, 6) is -1.01. The van der Waals surface area contributed by atoms with Gasteiger partial charge in [0.05, 0.1) is 11.3 Å². The molecular weight excluding hydrogens is 272 g/mol. The monoisotopic (exact) mass is 282 g/mol. The number of carboxylic acid groups (broad SMARTS) is 1. The van der Waals surface area contributed by atoms with Crippen molar-refractivity contribution in [1.82, 2.24) is 20.4 Å². The molecule has 0 aliphatic heterocycles. The molecule has 2 aromatic rings. The molecule has 0 unspecified atom stereocenters. The predicted octanol–water partition coefficient (Wildman–Crippen LogP) is 2.10. The number of carboxylic acids is 1. The molecule has 0 saturated heterocycles. The van der Waals surface area contributed by atoms with Crippen LogP contribution in [0.25, 0.3) is 0 Å². The first kappa shape index (κ1) is 12.9. The van der Waals surface area contributed by atoms with Gasteiger partial charge in [0.1, 0.15) is 10.0 Å². The summed E-state index contributed by atoms with van der Waals surface area (Å²) in [6, 6.07) is 0. The molecule has 2 rings (SSSR count). The number of hydrogen-bond acceptors (Lipinski definition) is 7. The average Bonchev–Trinajstić information content (AvgIpc) is 2.69. The molecule has 0 saturated carbocycles. The van der Waals surface area contributed by atoms with Gasteiger partial charge < -0.3 is 5.11 Å². The molecule has 0 radical (unpaired) electrons. The molecule has 0 fully saturated rings. The zero-order chi connectivity index (χ0) is 13.3. The number of aromatic nitrogens is 4. The van der Waals surface area contributed by atoms with Gasteiger partial charge in [-0.05, 0) is 38.1 Å². The first-order valence-electron chi connectivity index (χ1n) is 5.04. The van der Waals surface area contributed by atoms with Crippen LogP contribution in [0.4, 0.5) is 0 Å². The second-order valence-corrected chi connectivity index (χ2v) is 6.00. The summed E-state index contributed by atoms with van der Waals surface area (Å²) in [6.07, 6.45) is 0. The van der Waals surface area contributed by atoms with Crippen LogP contribution in [-0.2, 0) is 0 Å². The summed E-state index contributed by atoms with van der Waals surface area (Å²) in [5, 5.41) is 26.1. The lowest BCUT2D eigenvalue weighted by molar-refractivity contribution is 0.0690. The third-order valence-corrected chi connectivity index (χ3v) is 4.20. The fourth-order valence-corrected chi connectivity index (χ4v) is 3.16. The van der Waals surface area contributed by atoms with Crippen molar-refractivity contribution in [2.75, 3.05) is 0 Å². The van der Waals surface area contributed by atoms with Gasteiger partial charge >= 0.3 is 5.97 Å².